The van der Waals surface area contributed by atoms with Crippen molar-refractivity contribution in [1.82, 2.24) is 9.55 Å². The van der Waals surface area contributed by atoms with E-state index in [0.29, 0.717) is 32.9 Å². The van der Waals surface area contributed by atoms with Crippen molar-refractivity contribution in [3.8, 4) is 0 Å². The molecule has 2 heterocycles. The average Bonchev–Trinajstić information content (AvgIpc) is 2.70. The number of halogens is 2. The van der Waals surface area contributed by atoms with E-state index in [9.17, 15) is 14.0 Å². The molecule has 1 unspecified atom stereocenters. The van der Waals surface area contributed by atoms with Crippen LogP contribution in [0.1, 0.15) is 29.0 Å². The zero-order valence-corrected chi connectivity index (χ0v) is 17.1. The van der Waals surface area contributed by atoms with Gasteiger partial charge in [0.05, 0.1) is 5.56 Å². The Hall–Kier alpha value is -2.64. The van der Waals surface area contributed by atoms with Gasteiger partial charge in [0.1, 0.15) is 11.6 Å². The summed E-state index contributed by atoms with van der Waals surface area (Å²) < 4.78 is 15.0. The van der Waals surface area contributed by atoms with E-state index in [-0.39, 0.29) is 18.1 Å². The number of thioether (sulfide) groups is 1. The molecule has 3 aromatic rings. The SMILES string of the molecule is Cn1c(SCc2ccccc2Cl)nc(=O)c2c1NC(=O)CC2c1ccc(F)cc1. The van der Waals surface area contributed by atoms with Crippen molar-refractivity contribution in [3.05, 3.63) is 86.4 Å². The molecule has 4 rings (SSSR count). The normalized spacial score (nSPS) is 15.7. The van der Waals surface area contributed by atoms with Crippen molar-refractivity contribution in [2.75, 3.05) is 5.32 Å². The number of benzene rings is 2. The number of anilines is 1. The van der Waals surface area contributed by atoms with Crippen molar-refractivity contribution in [1.29, 1.82) is 0 Å². The van der Waals surface area contributed by atoms with Gasteiger partial charge in [-0.05, 0) is 29.3 Å². The zero-order valence-electron chi connectivity index (χ0n) is 15.5. The fourth-order valence-corrected chi connectivity index (χ4v) is 4.65. The second kappa shape index (κ2) is 8.00. The minimum absolute atomic E-state index is 0.113. The lowest BCUT2D eigenvalue weighted by molar-refractivity contribution is -0.116. The summed E-state index contributed by atoms with van der Waals surface area (Å²) in [5, 5.41) is 3.93. The van der Waals surface area contributed by atoms with Crippen LogP contribution < -0.4 is 10.9 Å². The first-order chi connectivity index (χ1) is 13.9. The summed E-state index contributed by atoms with van der Waals surface area (Å²) in [6.45, 7) is 0. The molecule has 1 aliphatic rings. The fraction of sp³-hybridized carbons (Fsp3) is 0.190. The molecule has 0 bridgehead atoms. The molecule has 0 spiro atoms. The maximum Gasteiger partial charge on any atom is 0.279 e. The van der Waals surface area contributed by atoms with Crippen molar-refractivity contribution < 1.29 is 9.18 Å². The molecular weight excluding hydrogens is 413 g/mol. The van der Waals surface area contributed by atoms with Gasteiger partial charge in [-0.1, -0.05) is 53.7 Å². The predicted octanol–water partition coefficient (Wildman–Crippen LogP) is 4.34. The first-order valence-electron chi connectivity index (χ1n) is 8.96. The largest absolute Gasteiger partial charge is 0.312 e. The number of fused-ring (bicyclic) bond motifs is 1. The lowest BCUT2D eigenvalue weighted by Gasteiger charge is -2.27. The molecule has 0 radical (unpaired) electrons. The van der Waals surface area contributed by atoms with Crippen LogP contribution in [0.4, 0.5) is 10.2 Å². The molecule has 5 nitrogen and oxygen atoms in total. The van der Waals surface area contributed by atoms with Crippen LogP contribution in [0.5, 0.6) is 0 Å². The Morgan fingerprint density at radius 3 is 2.66 bits per heavy atom. The van der Waals surface area contributed by atoms with Gasteiger partial charge < -0.3 is 9.88 Å². The van der Waals surface area contributed by atoms with E-state index in [1.54, 1.807) is 23.7 Å². The standard InChI is InChI=1S/C21H17ClFN3O2S/c1-26-19-18(15(10-17(27)24-19)12-6-8-14(23)9-7-12)20(28)25-21(26)29-11-13-4-2-3-5-16(13)22/h2-9,15H,10-11H2,1H3,(H,24,27). The molecule has 0 saturated carbocycles. The highest BCUT2D eigenvalue weighted by Crippen LogP contribution is 2.36. The van der Waals surface area contributed by atoms with E-state index < -0.39 is 11.5 Å². The maximum absolute atomic E-state index is 13.3. The molecule has 0 aliphatic carbocycles. The number of carbonyl (C=O) groups is 1. The molecule has 1 N–H and O–H groups in total. The Kier molecular flexibility index (Phi) is 5.43. The molecule has 2 aromatic carbocycles. The van der Waals surface area contributed by atoms with Crippen molar-refractivity contribution in [3.63, 3.8) is 0 Å². The van der Waals surface area contributed by atoms with E-state index >= 15 is 0 Å². The van der Waals surface area contributed by atoms with E-state index in [1.165, 1.54) is 23.9 Å². The molecule has 29 heavy (non-hydrogen) atoms. The predicted molar refractivity (Wildman–Crippen MR) is 112 cm³/mol. The Morgan fingerprint density at radius 2 is 1.93 bits per heavy atom. The molecule has 0 saturated heterocycles. The Labute approximate surface area is 175 Å². The highest BCUT2D eigenvalue weighted by Gasteiger charge is 2.32. The second-order valence-electron chi connectivity index (χ2n) is 6.76. The quantitative estimate of drug-likeness (QED) is 0.495. The van der Waals surface area contributed by atoms with Crippen LogP contribution in [-0.4, -0.2) is 15.5 Å². The summed E-state index contributed by atoms with van der Waals surface area (Å²) in [6.07, 6.45) is 0.113. The number of amides is 1. The topological polar surface area (TPSA) is 64.0 Å². The molecule has 1 amide bonds. The van der Waals surface area contributed by atoms with E-state index in [1.807, 2.05) is 24.3 Å². The van der Waals surface area contributed by atoms with E-state index in [2.05, 4.69) is 10.3 Å². The number of hydrogen-bond acceptors (Lipinski definition) is 4. The summed E-state index contributed by atoms with van der Waals surface area (Å²) in [4.78, 5) is 29.5. The van der Waals surface area contributed by atoms with Gasteiger partial charge in [0, 0.05) is 30.2 Å². The fourth-order valence-electron chi connectivity index (χ4n) is 3.40. The number of aromatic nitrogens is 2. The Morgan fingerprint density at radius 1 is 1.21 bits per heavy atom. The average molecular weight is 430 g/mol. The summed E-state index contributed by atoms with van der Waals surface area (Å²) in [5.41, 5.74) is 1.66. The Bertz CT molecular complexity index is 1150. The molecule has 1 aliphatic heterocycles. The lowest BCUT2D eigenvalue weighted by Crippen LogP contribution is -2.33. The molecule has 148 valence electrons. The van der Waals surface area contributed by atoms with Gasteiger partial charge in [-0.25, -0.2) is 4.39 Å². The molecule has 1 atom stereocenters. The monoisotopic (exact) mass is 429 g/mol. The number of rotatable bonds is 4. The first kappa shape index (κ1) is 19.7. The van der Waals surface area contributed by atoms with Crippen LogP contribution in [0.25, 0.3) is 0 Å². The number of nitrogens with zero attached hydrogens (tertiary/aromatic N) is 2. The third-order valence-electron chi connectivity index (χ3n) is 4.89. The maximum atomic E-state index is 13.3. The van der Waals surface area contributed by atoms with Crippen molar-refractivity contribution in [2.45, 2.75) is 23.2 Å². The minimum Gasteiger partial charge on any atom is -0.312 e. The first-order valence-corrected chi connectivity index (χ1v) is 10.3. The molecule has 8 heteroatoms. The molecular formula is C21H17ClFN3O2S. The lowest BCUT2D eigenvalue weighted by atomic mass is 9.87. The second-order valence-corrected chi connectivity index (χ2v) is 8.11. The minimum atomic E-state index is -0.465. The van der Waals surface area contributed by atoms with Crippen LogP contribution in [0.2, 0.25) is 5.02 Å². The summed E-state index contributed by atoms with van der Waals surface area (Å²) in [7, 11) is 1.76. The van der Waals surface area contributed by atoms with Crippen molar-refractivity contribution in [2.24, 2.45) is 7.05 Å². The molecule has 1 aromatic heterocycles. The highest BCUT2D eigenvalue weighted by molar-refractivity contribution is 7.98. The number of nitrogens with one attached hydrogen (secondary N) is 1. The van der Waals surface area contributed by atoms with Gasteiger partial charge in [0.25, 0.3) is 5.56 Å². The van der Waals surface area contributed by atoms with E-state index in [4.69, 9.17) is 11.6 Å². The van der Waals surface area contributed by atoms with Crippen LogP contribution in [0.15, 0.2) is 58.5 Å². The third kappa shape index (κ3) is 3.93. The Balaban J connectivity index is 1.72. The van der Waals surface area contributed by atoms with Gasteiger partial charge in [0.15, 0.2) is 5.16 Å². The van der Waals surface area contributed by atoms with Gasteiger partial charge >= 0.3 is 0 Å². The van der Waals surface area contributed by atoms with Crippen LogP contribution in [0.3, 0.4) is 0 Å². The zero-order chi connectivity index (χ0) is 20.5. The van der Waals surface area contributed by atoms with Crippen LogP contribution in [0, 0.1) is 5.82 Å². The van der Waals surface area contributed by atoms with Gasteiger partial charge in [-0.15, -0.1) is 0 Å². The summed E-state index contributed by atoms with van der Waals surface area (Å²) in [6, 6.07) is 13.3. The number of hydrogen-bond donors (Lipinski definition) is 1. The molecule has 0 fully saturated rings. The van der Waals surface area contributed by atoms with Gasteiger partial charge in [0.2, 0.25) is 5.91 Å². The van der Waals surface area contributed by atoms with Crippen LogP contribution >= 0.6 is 23.4 Å². The third-order valence-corrected chi connectivity index (χ3v) is 6.34. The van der Waals surface area contributed by atoms with Crippen molar-refractivity contribution >= 4 is 35.1 Å². The smallest absolute Gasteiger partial charge is 0.279 e. The van der Waals surface area contributed by atoms with Gasteiger partial charge in [-0.3, -0.25) is 9.59 Å². The summed E-state index contributed by atoms with van der Waals surface area (Å²) >= 11 is 7.58. The highest BCUT2D eigenvalue weighted by atomic mass is 35.5. The van der Waals surface area contributed by atoms with Crippen LogP contribution in [-0.2, 0) is 17.6 Å². The summed E-state index contributed by atoms with van der Waals surface area (Å²) in [5.74, 6) is -0.0688. The number of carbonyl (C=O) groups excluding carboxylic acids is 1. The van der Waals surface area contributed by atoms with E-state index in [0.717, 1.165) is 5.56 Å². The van der Waals surface area contributed by atoms with Gasteiger partial charge in [-0.2, -0.15) is 4.98 Å².